The predicted molar refractivity (Wildman–Crippen MR) is 55.4 cm³/mol. The molecule has 0 aliphatic rings. The van der Waals surface area contributed by atoms with E-state index in [1.807, 2.05) is 0 Å². The highest BCUT2D eigenvalue weighted by atomic mass is 16.4. The first-order chi connectivity index (χ1) is 7.50. The number of hydrogen-bond donors (Lipinski definition) is 3. The van der Waals surface area contributed by atoms with Crippen molar-refractivity contribution < 1.29 is 24.9 Å². The SMILES string of the molecule is O=C(O)CCc1cccc(CC(=O)O)c1O. The third-order valence-corrected chi connectivity index (χ3v) is 2.15. The Balaban J connectivity index is 2.85. The molecule has 0 aromatic heterocycles. The van der Waals surface area contributed by atoms with Gasteiger partial charge in [0.1, 0.15) is 5.75 Å². The van der Waals surface area contributed by atoms with E-state index in [9.17, 15) is 14.7 Å². The number of carbonyl (C=O) groups is 2. The normalized spacial score (nSPS) is 10.0. The smallest absolute Gasteiger partial charge is 0.307 e. The number of carboxylic acid groups (broad SMARTS) is 2. The Labute approximate surface area is 92.0 Å². The van der Waals surface area contributed by atoms with Crippen LogP contribution in [0.1, 0.15) is 17.5 Å². The average Bonchev–Trinajstić information content (AvgIpc) is 2.18. The molecule has 0 saturated carbocycles. The number of carboxylic acids is 2. The number of phenols is 1. The van der Waals surface area contributed by atoms with E-state index in [4.69, 9.17) is 10.2 Å². The number of hydrogen-bond acceptors (Lipinski definition) is 3. The second kappa shape index (κ2) is 5.16. The Morgan fingerprint density at radius 3 is 2.25 bits per heavy atom. The number of para-hydroxylation sites is 1. The van der Waals surface area contributed by atoms with Gasteiger partial charge in [-0.2, -0.15) is 0 Å². The van der Waals surface area contributed by atoms with Crippen LogP contribution in [0.15, 0.2) is 18.2 Å². The largest absolute Gasteiger partial charge is 0.507 e. The monoisotopic (exact) mass is 224 g/mol. The third kappa shape index (κ3) is 3.27. The minimum absolute atomic E-state index is 0.0932. The van der Waals surface area contributed by atoms with Crippen molar-refractivity contribution in [1.29, 1.82) is 0 Å². The third-order valence-electron chi connectivity index (χ3n) is 2.15. The molecule has 0 spiro atoms. The molecule has 0 saturated heterocycles. The van der Waals surface area contributed by atoms with Gasteiger partial charge in [0.05, 0.1) is 6.42 Å². The summed E-state index contributed by atoms with van der Waals surface area (Å²) < 4.78 is 0. The molecule has 0 heterocycles. The molecule has 0 unspecified atom stereocenters. The van der Waals surface area contributed by atoms with Crippen molar-refractivity contribution in [2.24, 2.45) is 0 Å². The lowest BCUT2D eigenvalue weighted by Crippen LogP contribution is -2.02. The van der Waals surface area contributed by atoms with Gasteiger partial charge in [0.2, 0.25) is 0 Å². The van der Waals surface area contributed by atoms with Gasteiger partial charge in [0.25, 0.3) is 0 Å². The maximum atomic E-state index is 10.5. The van der Waals surface area contributed by atoms with Crippen molar-refractivity contribution in [3.8, 4) is 5.75 Å². The zero-order chi connectivity index (χ0) is 12.1. The maximum absolute atomic E-state index is 10.5. The van der Waals surface area contributed by atoms with E-state index in [0.717, 1.165) is 0 Å². The van der Waals surface area contributed by atoms with Gasteiger partial charge in [0, 0.05) is 12.0 Å². The molecular weight excluding hydrogens is 212 g/mol. The standard InChI is InChI=1S/C11H12O5/c12-9(13)5-4-7-2-1-3-8(11(7)16)6-10(14)15/h1-3,16H,4-6H2,(H,12,13)(H,14,15). The summed E-state index contributed by atoms with van der Waals surface area (Å²) in [5.41, 5.74) is 0.761. The van der Waals surface area contributed by atoms with Crippen LogP contribution >= 0.6 is 0 Å². The first kappa shape index (κ1) is 12.0. The van der Waals surface area contributed by atoms with Crippen LogP contribution in [0, 0.1) is 0 Å². The molecule has 0 bridgehead atoms. The van der Waals surface area contributed by atoms with Crippen molar-refractivity contribution in [1.82, 2.24) is 0 Å². The summed E-state index contributed by atoms with van der Waals surface area (Å²) in [4.78, 5) is 20.9. The molecule has 0 aliphatic carbocycles. The Morgan fingerprint density at radius 2 is 1.69 bits per heavy atom. The molecule has 0 atom stereocenters. The van der Waals surface area contributed by atoms with E-state index in [1.165, 1.54) is 6.07 Å². The number of aryl methyl sites for hydroxylation is 1. The van der Waals surface area contributed by atoms with E-state index >= 15 is 0 Å². The van der Waals surface area contributed by atoms with E-state index in [1.54, 1.807) is 12.1 Å². The summed E-state index contributed by atoms with van der Waals surface area (Å²) in [7, 11) is 0. The van der Waals surface area contributed by atoms with Crippen LogP contribution in [0.4, 0.5) is 0 Å². The van der Waals surface area contributed by atoms with Crippen molar-refractivity contribution >= 4 is 11.9 Å². The molecule has 1 rings (SSSR count). The fourth-order valence-electron chi connectivity index (χ4n) is 1.39. The molecule has 5 heteroatoms. The molecular formula is C11H12O5. The Bertz CT molecular complexity index is 411. The Hall–Kier alpha value is -2.04. The topological polar surface area (TPSA) is 94.8 Å². The van der Waals surface area contributed by atoms with E-state index < -0.39 is 11.9 Å². The lowest BCUT2D eigenvalue weighted by atomic mass is 10.0. The summed E-state index contributed by atoms with van der Waals surface area (Å²) in [6.07, 6.45) is -0.175. The molecule has 0 amide bonds. The number of aromatic hydroxyl groups is 1. The maximum Gasteiger partial charge on any atom is 0.307 e. The molecule has 1 aromatic carbocycles. The van der Waals surface area contributed by atoms with Gasteiger partial charge in [-0.05, 0) is 12.0 Å². The summed E-state index contributed by atoms with van der Waals surface area (Å²) in [5.74, 6) is -2.11. The second-order valence-electron chi connectivity index (χ2n) is 3.39. The van der Waals surface area contributed by atoms with Crippen LogP contribution in [0.25, 0.3) is 0 Å². The zero-order valence-electron chi connectivity index (χ0n) is 8.51. The van der Waals surface area contributed by atoms with Crippen LogP contribution in [0.2, 0.25) is 0 Å². The van der Waals surface area contributed by atoms with Crippen LogP contribution < -0.4 is 0 Å². The highest BCUT2D eigenvalue weighted by Crippen LogP contribution is 2.24. The van der Waals surface area contributed by atoms with Gasteiger partial charge in [-0.1, -0.05) is 18.2 Å². The van der Waals surface area contributed by atoms with Gasteiger partial charge < -0.3 is 15.3 Å². The van der Waals surface area contributed by atoms with Crippen molar-refractivity contribution in [2.45, 2.75) is 19.3 Å². The molecule has 86 valence electrons. The van der Waals surface area contributed by atoms with Crippen LogP contribution in [0.5, 0.6) is 5.75 Å². The van der Waals surface area contributed by atoms with Gasteiger partial charge in [-0.15, -0.1) is 0 Å². The van der Waals surface area contributed by atoms with Crippen molar-refractivity contribution in [3.05, 3.63) is 29.3 Å². The van der Waals surface area contributed by atoms with E-state index in [0.29, 0.717) is 11.1 Å². The number of aliphatic carboxylic acids is 2. The fourth-order valence-corrected chi connectivity index (χ4v) is 1.39. The Morgan fingerprint density at radius 1 is 1.06 bits per heavy atom. The minimum atomic E-state index is -1.04. The first-order valence-electron chi connectivity index (χ1n) is 4.74. The number of phenolic OH excluding ortho intramolecular Hbond substituents is 1. The van der Waals surface area contributed by atoms with E-state index in [-0.39, 0.29) is 25.0 Å². The molecule has 16 heavy (non-hydrogen) atoms. The van der Waals surface area contributed by atoms with Crippen LogP contribution in [-0.2, 0) is 22.4 Å². The Kier molecular flexibility index (Phi) is 3.88. The number of benzene rings is 1. The van der Waals surface area contributed by atoms with Crippen LogP contribution in [-0.4, -0.2) is 27.3 Å². The summed E-state index contributed by atoms with van der Waals surface area (Å²) >= 11 is 0. The molecule has 5 nitrogen and oxygen atoms in total. The highest BCUT2D eigenvalue weighted by molar-refractivity contribution is 5.72. The lowest BCUT2D eigenvalue weighted by Gasteiger charge is -2.07. The van der Waals surface area contributed by atoms with E-state index in [2.05, 4.69) is 0 Å². The molecule has 0 aliphatic heterocycles. The molecule has 0 fully saturated rings. The first-order valence-corrected chi connectivity index (χ1v) is 4.74. The number of rotatable bonds is 5. The van der Waals surface area contributed by atoms with Gasteiger partial charge in [0.15, 0.2) is 0 Å². The zero-order valence-corrected chi connectivity index (χ0v) is 8.51. The lowest BCUT2D eigenvalue weighted by molar-refractivity contribution is -0.137. The fraction of sp³-hybridized carbons (Fsp3) is 0.273. The van der Waals surface area contributed by atoms with Crippen molar-refractivity contribution in [3.63, 3.8) is 0 Å². The van der Waals surface area contributed by atoms with Crippen molar-refractivity contribution in [2.75, 3.05) is 0 Å². The van der Waals surface area contributed by atoms with Gasteiger partial charge in [-0.3, -0.25) is 9.59 Å². The van der Waals surface area contributed by atoms with Gasteiger partial charge in [-0.25, -0.2) is 0 Å². The second-order valence-corrected chi connectivity index (χ2v) is 3.39. The molecule has 1 aromatic rings. The summed E-state index contributed by atoms with van der Waals surface area (Å²) in [6, 6.07) is 4.70. The molecule has 3 N–H and O–H groups in total. The minimum Gasteiger partial charge on any atom is -0.507 e. The predicted octanol–water partition coefficient (Wildman–Crippen LogP) is 1.04. The van der Waals surface area contributed by atoms with Crippen LogP contribution in [0.3, 0.4) is 0 Å². The average molecular weight is 224 g/mol. The summed E-state index contributed by atoms with van der Waals surface area (Å²) in [5, 5.41) is 26.8. The highest BCUT2D eigenvalue weighted by Gasteiger charge is 2.10. The molecule has 0 radical (unpaired) electrons. The summed E-state index contributed by atoms with van der Waals surface area (Å²) in [6.45, 7) is 0. The van der Waals surface area contributed by atoms with Gasteiger partial charge >= 0.3 is 11.9 Å². The quantitative estimate of drug-likeness (QED) is 0.694.